The summed E-state index contributed by atoms with van der Waals surface area (Å²) in [6.45, 7) is 0.698. The first-order valence-corrected chi connectivity index (χ1v) is 6.48. The first-order valence-electron chi connectivity index (χ1n) is 6.48. The van der Waals surface area contributed by atoms with E-state index in [4.69, 9.17) is 4.74 Å². The molecule has 4 heteroatoms. The Hall–Kier alpha value is -2.10. The number of hydrogen-bond donors (Lipinski definition) is 0. The smallest absolute Gasteiger partial charge is 0.358 e. The molecule has 2 aromatic rings. The molecule has 4 nitrogen and oxygen atoms in total. The number of methoxy groups -OCH3 is 1. The van der Waals surface area contributed by atoms with E-state index in [0.29, 0.717) is 18.2 Å². The van der Waals surface area contributed by atoms with Crippen LogP contribution in [0.3, 0.4) is 0 Å². The Morgan fingerprint density at radius 2 is 2.11 bits per heavy atom. The molecule has 98 valence electrons. The molecule has 1 fully saturated rings. The first-order chi connectivity index (χ1) is 9.28. The Morgan fingerprint density at radius 1 is 1.37 bits per heavy atom. The van der Waals surface area contributed by atoms with E-state index in [1.165, 1.54) is 25.5 Å². The van der Waals surface area contributed by atoms with E-state index in [-0.39, 0.29) is 5.97 Å². The van der Waals surface area contributed by atoms with E-state index in [1.54, 1.807) is 0 Å². The van der Waals surface area contributed by atoms with E-state index >= 15 is 0 Å². The molecule has 1 heterocycles. The summed E-state index contributed by atoms with van der Waals surface area (Å²) in [5.74, 6) is 0.184. The van der Waals surface area contributed by atoms with Crippen molar-refractivity contribution >= 4 is 5.97 Å². The maximum atomic E-state index is 11.6. The van der Waals surface area contributed by atoms with E-state index in [0.717, 1.165) is 5.69 Å². The molecule has 1 saturated carbocycles. The van der Waals surface area contributed by atoms with Crippen molar-refractivity contribution in [2.24, 2.45) is 0 Å². The van der Waals surface area contributed by atoms with Gasteiger partial charge in [0.1, 0.15) is 0 Å². The number of esters is 1. The average Bonchev–Trinajstić information content (AvgIpc) is 3.21. The number of carbonyl (C=O) groups excluding carboxylic acids is 1. The third-order valence-corrected chi connectivity index (χ3v) is 3.38. The molecule has 1 aromatic carbocycles. The number of carbonyl (C=O) groups is 1. The highest BCUT2D eigenvalue weighted by Crippen LogP contribution is 2.40. The van der Waals surface area contributed by atoms with Crippen LogP contribution in [0.15, 0.2) is 36.4 Å². The molecular weight excluding hydrogens is 240 g/mol. The van der Waals surface area contributed by atoms with Crippen LogP contribution >= 0.6 is 0 Å². The zero-order chi connectivity index (χ0) is 13.2. The molecule has 1 aliphatic rings. The molecule has 19 heavy (non-hydrogen) atoms. The van der Waals surface area contributed by atoms with Crippen LogP contribution in [0.25, 0.3) is 0 Å². The summed E-state index contributed by atoms with van der Waals surface area (Å²) in [4.78, 5) is 11.6. The summed E-state index contributed by atoms with van der Waals surface area (Å²) in [6.07, 6.45) is 2.36. The summed E-state index contributed by atoms with van der Waals surface area (Å²) < 4.78 is 6.67. The monoisotopic (exact) mass is 256 g/mol. The Labute approximate surface area is 112 Å². The van der Waals surface area contributed by atoms with Crippen LogP contribution in [0.5, 0.6) is 0 Å². The van der Waals surface area contributed by atoms with E-state index in [2.05, 4.69) is 17.2 Å². The largest absolute Gasteiger partial charge is 0.464 e. The van der Waals surface area contributed by atoms with Gasteiger partial charge in [-0.25, -0.2) is 4.79 Å². The summed E-state index contributed by atoms with van der Waals surface area (Å²) in [5, 5.41) is 4.38. The fourth-order valence-electron chi connectivity index (χ4n) is 2.23. The molecular formula is C15H16N2O2. The Bertz CT molecular complexity index is 585. The first kappa shape index (κ1) is 12.0. The van der Waals surface area contributed by atoms with Gasteiger partial charge in [0, 0.05) is 11.6 Å². The minimum absolute atomic E-state index is 0.367. The lowest BCUT2D eigenvalue weighted by Gasteiger charge is -2.06. The molecule has 0 aliphatic heterocycles. The molecule has 0 N–H and O–H groups in total. The molecule has 0 bridgehead atoms. The highest BCUT2D eigenvalue weighted by Gasteiger charge is 2.29. The second-order valence-electron chi connectivity index (χ2n) is 4.86. The number of hydrogen-bond acceptors (Lipinski definition) is 3. The van der Waals surface area contributed by atoms with Crippen molar-refractivity contribution < 1.29 is 9.53 Å². The van der Waals surface area contributed by atoms with Crippen molar-refractivity contribution in [3.05, 3.63) is 53.3 Å². The topological polar surface area (TPSA) is 44.1 Å². The number of ether oxygens (including phenoxy) is 1. The Balaban J connectivity index is 1.90. The molecule has 1 aliphatic carbocycles. The van der Waals surface area contributed by atoms with E-state index in [9.17, 15) is 4.79 Å². The third-order valence-electron chi connectivity index (χ3n) is 3.38. The zero-order valence-corrected chi connectivity index (χ0v) is 10.9. The number of aromatic nitrogens is 2. The lowest BCUT2D eigenvalue weighted by atomic mass is 10.2. The molecule has 0 spiro atoms. The minimum Gasteiger partial charge on any atom is -0.464 e. The van der Waals surface area contributed by atoms with Crippen molar-refractivity contribution in [2.45, 2.75) is 25.3 Å². The molecule has 1 aromatic heterocycles. The van der Waals surface area contributed by atoms with Gasteiger partial charge >= 0.3 is 5.97 Å². The van der Waals surface area contributed by atoms with Gasteiger partial charge in [0.25, 0.3) is 0 Å². The molecule has 0 radical (unpaired) electrons. The number of nitrogens with zero attached hydrogens (tertiary/aromatic N) is 2. The third kappa shape index (κ3) is 2.52. The van der Waals surface area contributed by atoms with Crippen molar-refractivity contribution in [1.29, 1.82) is 0 Å². The van der Waals surface area contributed by atoms with Crippen molar-refractivity contribution in [1.82, 2.24) is 9.78 Å². The minimum atomic E-state index is -0.367. The van der Waals surface area contributed by atoms with Gasteiger partial charge in [0.05, 0.1) is 13.7 Å². The second kappa shape index (κ2) is 4.88. The lowest BCUT2D eigenvalue weighted by Crippen LogP contribution is -2.07. The predicted octanol–water partition coefficient (Wildman–Crippen LogP) is 2.60. The maximum absolute atomic E-state index is 11.6. The SMILES string of the molecule is COC(=O)c1cc(C2CC2)n(Cc2ccccc2)n1. The van der Waals surface area contributed by atoms with Crippen LogP contribution in [0, 0.1) is 0 Å². The van der Waals surface area contributed by atoms with Crippen molar-refractivity contribution in [3.8, 4) is 0 Å². The average molecular weight is 256 g/mol. The van der Waals surface area contributed by atoms with Crippen LogP contribution in [0.4, 0.5) is 0 Å². The molecule has 3 rings (SSSR count). The van der Waals surface area contributed by atoms with Crippen molar-refractivity contribution in [2.75, 3.05) is 7.11 Å². The Morgan fingerprint density at radius 3 is 2.74 bits per heavy atom. The fourth-order valence-corrected chi connectivity index (χ4v) is 2.23. The van der Waals surface area contributed by atoms with Gasteiger partial charge in [-0.15, -0.1) is 0 Å². The Kier molecular flexibility index (Phi) is 3.07. The summed E-state index contributed by atoms with van der Waals surface area (Å²) in [5.41, 5.74) is 2.73. The van der Waals surface area contributed by atoms with Gasteiger partial charge in [-0.2, -0.15) is 5.10 Å². The molecule has 0 amide bonds. The zero-order valence-electron chi connectivity index (χ0n) is 10.9. The maximum Gasteiger partial charge on any atom is 0.358 e. The van der Waals surface area contributed by atoms with Gasteiger partial charge in [-0.05, 0) is 24.5 Å². The van der Waals surface area contributed by atoms with Gasteiger partial charge in [0.2, 0.25) is 0 Å². The van der Waals surface area contributed by atoms with Crippen LogP contribution in [0.2, 0.25) is 0 Å². The quantitative estimate of drug-likeness (QED) is 0.790. The normalized spacial score (nSPS) is 14.4. The van der Waals surface area contributed by atoms with Crippen molar-refractivity contribution in [3.63, 3.8) is 0 Å². The van der Waals surface area contributed by atoms with E-state index < -0.39 is 0 Å². The van der Waals surface area contributed by atoms with Crippen LogP contribution < -0.4 is 0 Å². The number of rotatable bonds is 4. The summed E-state index contributed by atoms with van der Waals surface area (Å²) in [7, 11) is 1.38. The summed E-state index contributed by atoms with van der Waals surface area (Å²) >= 11 is 0. The fraction of sp³-hybridized carbons (Fsp3) is 0.333. The van der Waals surface area contributed by atoms with Crippen LogP contribution in [-0.4, -0.2) is 22.9 Å². The van der Waals surface area contributed by atoms with E-state index in [1.807, 2.05) is 28.9 Å². The highest BCUT2D eigenvalue weighted by atomic mass is 16.5. The number of benzene rings is 1. The van der Waals surface area contributed by atoms with Gasteiger partial charge < -0.3 is 4.74 Å². The molecule has 0 saturated heterocycles. The van der Waals surface area contributed by atoms with Crippen LogP contribution in [-0.2, 0) is 11.3 Å². The predicted molar refractivity (Wildman–Crippen MR) is 71.1 cm³/mol. The van der Waals surface area contributed by atoms with Gasteiger partial charge in [-0.3, -0.25) is 4.68 Å². The lowest BCUT2D eigenvalue weighted by molar-refractivity contribution is 0.0593. The molecule has 0 atom stereocenters. The highest BCUT2D eigenvalue weighted by molar-refractivity contribution is 5.87. The molecule has 0 unspecified atom stereocenters. The van der Waals surface area contributed by atoms with Crippen LogP contribution in [0.1, 0.15) is 40.5 Å². The summed E-state index contributed by atoms with van der Waals surface area (Å²) in [6, 6.07) is 12.0. The standard InChI is InChI=1S/C15H16N2O2/c1-19-15(18)13-9-14(12-7-8-12)17(16-13)10-11-5-3-2-4-6-11/h2-6,9,12H,7-8,10H2,1H3. The second-order valence-corrected chi connectivity index (χ2v) is 4.86. The van der Waals surface area contributed by atoms with Gasteiger partial charge in [0.15, 0.2) is 5.69 Å². The van der Waals surface area contributed by atoms with Gasteiger partial charge in [-0.1, -0.05) is 30.3 Å².